The lowest BCUT2D eigenvalue weighted by molar-refractivity contribution is -0.132. The number of amides is 1. The molecule has 9 nitrogen and oxygen atoms in total. The molecule has 1 aliphatic heterocycles. The fourth-order valence-electron chi connectivity index (χ4n) is 4.66. The fourth-order valence-corrected chi connectivity index (χ4v) is 5.67. The third-order valence-corrected chi connectivity index (χ3v) is 7.78. The number of ether oxygens (including phenoxy) is 3. The van der Waals surface area contributed by atoms with Crippen molar-refractivity contribution in [3.05, 3.63) is 106 Å². The zero-order chi connectivity index (χ0) is 29.3. The maximum absolute atomic E-state index is 13.6. The minimum absolute atomic E-state index is 0.118. The van der Waals surface area contributed by atoms with E-state index in [1.54, 1.807) is 68.4 Å². The summed E-state index contributed by atoms with van der Waals surface area (Å²) in [6, 6.07) is 20.0. The number of carbonyl (C=O) groups is 3. The zero-order valence-corrected chi connectivity index (χ0v) is 23.5. The van der Waals surface area contributed by atoms with Crippen molar-refractivity contribution in [1.82, 2.24) is 4.98 Å². The van der Waals surface area contributed by atoms with E-state index in [4.69, 9.17) is 14.2 Å². The van der Waals surface area contributed by atoms with E-state index in [2.05, 4.69) is 4.98 Å². The van der Waals surface area contributed by atoms with Gasteiger partial charge in [0.05, 0.1) is 31.5 Å². The standard InChI is InChI=1S/C31H26N2O7S/c1-17-15-21(38-3)13-14-23(17)26(34)24-25(19-9-8-12-22(16-19)40-20-10-6-5-7-11-20)33(29(36)27(24)35)31-32-18(2)28(41-31)30(37)39-4/h5-16,25,34H,1-4H3/b26-24+/t25-/m0/s1. The van der Waals surface area contributed by atoms with Gasteiger partial charge >= 0.3 is 11.9 Å². The lowest BCUT2D eigenvalue weighted by Gasteiger charge is -2.23. The number of esters is 1. The molecule has 1 saturated heterocycles. The molecule has 0 unspecified atom stereocenters. The second kappa shape index (κ2) is 11.3. The molecule has 208 valence electrons. The number of para-hydroxylation sites is 1. The number of aryl methyl sites for hydroxylation is 2. The van der Waals surface area contributed by atoms with Crippen molar-refractivity contribution in [2.45, 2.75) is 19.9 Å². The Morgan fingerprint density at radius 1 is 0.927 bits per heavy atom. The van der Waals surface area contributed by atoms with Crippen LogP contribution in [0, 0.1) is 13.8 Å². The molecule has 3 aromatic carbocycles. The maximum Gasteiger partial charge on any atom is 0.350 e. The molecule has 1 amide bonds. The van der Waals surface area contributed by atoms with Gasteiger partial charge in [-0.3, -0.25) is 14.5 Å². The van der Waals surface area contributed by atoms with Crippen LogP contribution in [-0.4, -0.2) is 42.0 Å². The fraction of sp³-hybridized carbons (Fsp3) is 0.161. The Hall–Kier alpha value is -4.96. The van der Waals surface area contributed by atoms with Crippen molar-refractivity contribution >= 4 is 39.9 Å². The first-order valence-corrected chi connectivity index (χ1v) is 13.4. The lowest BCUT2D eigenvalue weighted by Crippen LogP contribution is -2.29. The molecule has 4 aromatic rings. The lowest BCUT2D eigenvalue weighted by atomic mass is 9.94. The highest BCUT2D eigenvalue weighted by Crippen LogP contribution is 2.45. The van der Waals surface area contributed by atoms with Gasteiger partial charge in [-0.2, -0.15) is 0 Å². The number of hydrogen-bond acceptors (Lipinski definition) is 9. The molecule has 10 heteroatoms. The smallest absolute Gasteiger partial charge is 0.350 e. The SMILES string of the molecule is COC(=O)c1sc(N2C(=O)C(=O)/C(=C(/O)c3ccc(OC)cc3C)[C@@H]2c2cccc(Oc3ccccc3)c2)nc1C. The molecule has 1 aromatic heterocycles. The first kappa shape index (κ1) is 27.6. The Balaban J connectivity index is 1.69. The van der Waals surface area contributed by atoms with Crippen LogP contribution >= 0.6 is 11.3 Å². The minimum atomic E-state index is -1.06. The van der Waals surface area contributed by atoms with Gasteiger partial charge in [-0.1, -0.05) is 41.7 Å². The minimum Gasteiger partial charge on any atom is -0.507 e. The summed E-state index contributed by atoms with van der Waals surface area (Å²) in [4.78, 5) is 45.4. The number of rotatable bonds is 7. The summed E-state index contributed by atoms with van der Waals surface area (Å²) in [6.07, 6.45) is 0. The molecule has 41 heavy (non-hydrogen) atoms. The second-order valence-electron chi connectivity index (χ2n) is 9.24. The molecule has 1 atom stereocenters. The van der Waals surface area contributed by atoms with Crippen LogP contribution in [-0.2, 0) is 14.3 Å². The van der Waals surface area contributed by atoms with Crippen molar-refractivity contribution in [1.29, 1.82) is 0 Å². The molecular weight excluding hydrogens is 544 g/mol. The van der Waals surface area contributed by atoms with Gasteiger partial charge in [0.1, 0.15) is 27.9 Å². The molecular formula is C31H26N2O7S. The number of aliphatic hydroxyl groups is 1. The average molecular weight is 571 g/mol. The Bertz CT molecular complexity index is 1690. The molecule has 0 spiro atoms. The number of benzene rings is 3. The van der Waals surface area contributed by atoms with E-state index < -0.39 is 23.7 Å². The number of hydrogen-bond donors (Lipinski definition) is 1. The van der Waals surface area contributed by atoms with E-state index in [9.17, 15) is 19.5 Å². The van der Waals surface area contributed by atoms with Gasteiger partial charge in [-0.25, -0.2) is 9.78 Å². The quantitative estimate of drug-likeness (QED) is 0.125. The van der Waals surface area contributed by atoms with E-state index in [1.165, 1.54) is 19.1 Å². The third kappa shape index (κ3) is 5.17. The number of methoxy groups -OCH3 is 2. The van der Waals surface area contributed by atoms with E-state index in [0.29, 0.717) is 39.6 Å². The summed E-state index contributed by atoms with van der Waals surface area (Å²) in [5.41, 5.74) is 1.75. The van der Waals surface area contributed by atoms with Crippen LogP contribution in [0.25, 0.3) is 5.76 Å². The molecule has 1 aliphatic rings. The molecule has 0 saturated carbocycles. The predicted octanol–water partition coefficient (Wildman–Crippen LogP) is 5.97. The predicted molar refractivity (Wildman–Crippen MR) is 154 cm³/mol. The van der Waals surface area contributed by atoms with Crippen LogP contribution in [0.4, 0.5) is 5.13 Å². The molecule has 2 heterocycles. The number of aromatic nitrogens is 1. The van der Waals surface area contributed by atoms with Gasteiger partial charge in [0.25, 0.3) is 5.78 Å². The number of thiazole rings is 1. The van der Waals surface area contributed by atoms with Crippen molar-refractivity contribution in [3.8, 4) is 17.2 Å². The first-order valence-electron chi connectivity index (χ1n) is 12.6. The number of Topliss-reactive ketones (excluding diaryl/α,β-unsaturated/α-hetero) is 1. The third-order valence-electron chi connectivity index (χ3n) is 6.65. The molecule has 1 N–H and O–H groups in total. The summed E-state index contributed by atoms with van der Waals surface area (Å²) < 4.78 is 16.1. The topological polar surface area (TPSA) is 115 Å². The van der Waals surface area contributed by atoms with Crippen molar-refractivity contribution < 1.29 is 33.7 Å². The Kier molecular flexibility index (Phi) is 7.58. The largest absolute Gasteiger partial charge is 0.507 e. The van der Waals surface area contributed by atoms with Crippen molar-refractivity contribution in [2.24, 2.45) is 0 Å². The average Bonchev–Trinajstić information content (AvgIpc) is 3.49. The second-order valence-corrected chi connectivity index (χ2v) is 10.2. The Labute approximate surface area is 240 Å². The van der Waals surface area contributed by atoms with Crippen LogP contribution in [0.15, 0.2) is 78.4 Å². The number of nitrogens with zero attached hydrogens (tertiary/aromatic N) is 2. The van der Waals surface area contributed by atoms with E-state index in [-0.39, 0.29) is 21.3 Å². The van der Waals surface area contributed by atoms with Gasteiger partial charge in [0.15, 0.2) is 5.13 Å². The van der Waals surface area contributed by atoms with Gasteiger partial charge in [-0.15, -0.1) is 0 Å². The van der Waals surface area contributed by atoms with Crippen LogP contribution in [0.2, 0.25) is 0 Å². The van der Waals surface area contributed by atoms with Crippen molar-refractivity contribution in [3.63, 3.8) is 0 Å². The maximum atomic E-state index is 13.6. The Morgan fingerprint density at radius 2 is 1.66 bits per heavy atom. The highest BCUT2D eigenvalue weighted by Gasteiger charge is 2.48. The monoisotopic (exact) mass is 570 g/mol. The summed E-state index contributed by atoms with van der Waals surface area (Å²) in [5, 5.41) is 11.7. The number of aliphatic hydroxyl groups excluding tert-OH is 1. The summed E-state index contributed by atoms with van der Waals surface area (Å²) in [5.74, 6) is -1.07. The highest BCUT2D eigenvalue weighted by atomic mass is 32.1. The zero-order valence-electron chi connectivity index (χ0n) is 22.7. The van der Waals surface area contributed by atoms with Gasteiger partial charge in [0, 0.05) is 5.56 Å². The molecule has 1 fully saturated rings. The Morgan fingerprint density at radius 3 is 2.34 bits per heavy atom. The van der Waals surface area contributed by atoms with Crippen LogP contribution in [0.1, 0.15) is 38.1 Å². The molecule has 0 radical (unpaired) electrons. The van der Waals surface area contributed by atoms with E-state index in [1.807, 2.05) is 18.2 Å². The molecule has 5 rings (SSSR count). The first-order chi connectivity index (χ1) is 19.7. The highest BCUT2D eigenvalue weighted by molar-refractivity contribution is 7.17. The molecule has 0 aliphatic carbocycles. The van der Waals surface area contributed by atoms with E-state index >= 15 is 0 Å². The summed E-state index contributed by atoms with van der Waals surface area (Å²) in [7, 11) is 2.78. The van der Waals surface area contributed by atoms with Crippen LogP contribution in [0.5, 0.6) is 17.2 Å². The van der Waals surface area contributed by atoms with Gasteiger partial charge < -0.3 is 19.3 Å². The van der Waals surface area contributed by atoms with Gasteiger partial charge in [-0.05, 0) is 67.4 Å². The summed E-state index contributed by atoms with van der Waals surface area (Å²) in [6.45, 7) is 3.39. The van der Waals surface area contributed by atoms with Crippen LogP contribution < -0.4 is 14.4 Å². The van der Waals surface area contributed by atoms with Crippen LogP contribution in [0.3, 0.4) is 0 Å². The van der Waals surface area contributed by atoms with Gasteiger partial charge in [0.2, 0.25) is 0 Å². The normalized spacial score (nSPS) is 16.1. The number of anilines is 1. The molecule has 0 bridgehead atoms. The van der Waals surface area contributed by atoms with Crippen molar-refractivity contribution in [2.75, 3.05) is 19.1 Å². The number of ketones is 1. The number of carbonyl (C=O) groups excluding carboxylic acids is 3. The van der Waals surface area contributed by atoms with E-state index in [0.717, 1.165) is 11.3 Å². The summed E-state index contributed by atoms with van der Waals surface area (Å²) >= 11 is 0.933.